The molecule has 1 fully saturated rings. The van der Waals surface area contributed by atoms with E-state index in [9.17, 15) is 9.59 Å². The van der Waals surface area contributed by atoms with Gasteiger partial charge in [-0.2, -0.15) is 0 Å². The van der Waals surface area contributed by atoms with Crippen molar-refractivity contribution >= 4 is 45.8 Å². The maximum Gasteiger partial charge on any atom is 0.243 e. The summed E-state index contributed by atoms with van der Waals surface area (Å²) in [5, 5.41) is 6.60. The average Bonchev–Trinajstić information content (AvgIpc) is 2.99. The standard InChI is InChI=1S/C35H36Cl2N2O2/c36-29-20-18-28(32(37)23-29)24-39(34(40)21-19-27-14-9-13-26-12-7-8-17-31(26)27)33(22-25-10-3-1-4-11-25)35(41)38-30-15-5-2-6-16-30/h1,3-4,7-14,17-18,20,23,30,33H,2,5-6,15-16,19,21-22,24H2,(H,38,41)/t33-/m0/s1. The number of hydrogen-bond donors (Lipinski definition) is 1. The third kappa shape index (κ3) is 7.69. The molecule has 1 N–H and O–H groups in total. The average molecular weight is 588 g/mol. The summed E-state index contributed by atoms with van der Waals surface area (Å²) in [6, 6.07) is 29.1. The Morgan fingerprint density at radius 1 is 0.829 bits per heavy atom. The van der Waals surface area contributed by atoms with Crippen LogP contribution in [0.5, 0.6) is 0 Å². The van der Waals surface area contributed by atoms with Gasteiger partial charge in [0.2, 0.25) is 11.8 Å². The van der Waals surface area contributed by atoms with E-state index in [2.05, 4.69) is 29.6 Å². The summed E-state index contributed by atoms with van der Waals surface area (Å²) < 4.78 is 0. The molecule has 0 saturated heterocycles. The third-order valence-electron chi connectivity index (χ3n) is 8.07. The van der Waals surface area contributed by atoms with Crippen LogP contribution in [0.2, 0.25) is 10.0 Å². The Labute approximate surface area is 252 Å². The Morgan fingerprint density at radius 2 is 1.56 bits per heavy atom. The zero-order valence-corrected chi connectivity index (χ0v) is 24.7. The van der Waals surface area contributed by atoms with Gasteiger partial charge in [-0.3, -0.25) is 9.59 Å². The van der Waals surface area contributed by atoms with Gasteiger partial charge < -0.3 is 10.2 Å². The van der Waals surface area contributed by atoms with Crippen molar-refractivity contribution in [3.63, 3.8) is 0 Å². The minimum atomic E-state index is -0.675. The van der Waals surface area contributed by atoms with Crippen molar-refractivity contribution < 1.29 is 9.59 Å². The fourth-order valence-electron chi connectivity index (χ4n) is 5.83. The number of nitrogens with zero attached hydrogens (tertiary/aromatic N) is 1. The molecule has 1 aliphatic carbocycles. The fourth-order valence-corrected chi connectivity index (χ4v) is 6.30. The van der Waals surface area contributed by atoms with E-state index in [4.69, 9.17) is 23.2 Å². The quantitative estimate of drug-likeness (QED) is 0.204. The molecular formula is C35H36Cl2N2O2. The van der Waals surface area contributed by atoms with Gasteiger partial charge in [0.25, 0.3) is 0 Å². The summed E-state index contributed by atoms with van der Waals surface area (Å²) in [5.74, 6) is -0.187. The number of fused-ring (bicyclic) bond motifs is 1. The number of carbonyl (C=O) groups excluding carboxylic acids is 2. The monoisotopic (exact) mass is 586 g/mol. The minimum absolute atomic E-state index is 0.0799. The van der Waals surface area contributed by atoms with Crippen LogP contribution in [0.1, 0.15) is 55.2 Å². The first-order valence-electron chi connectivity index (χ1n) is 14.5. The second-order valence-corrected chi connectivity index (χ2v) is 11.8. The van der Waals surface area contributed by atoms with Gasteiger partial charge in [0, 0.05) is 35.5 Å². The summed E-state index contributed by atoms with van der Waals surface area (Å²) in [5.41, 5.74) is 2.88. The number of hydrogen-bond acceptors (Lipinski definition) is 2. The van der Waals surface area contributed by atoms with E-state index < -0.39 is 6.04 Å². The molecule has 4 nitrogen and oxygen atoms in total. The molecule has 212 valence electrons. The van der Waals surface area contributed by atoms with E-state index in [1.54, 1.807) is 17.0 Å². The first-order valence-corrected chi connectivity index (χ1v) is 15.3. The predicted octanol–water partition coefficient (Wildman–Crippen LogP) is 8.17. The highest BCUT2D eigenvalue weighted by Crippen LogP contribution is 2.26. The topological polar surface area (TPSA) is 49.4 Å². The molecule has 0 unspecified atom stereocenters. The van der Waals surface area contributed by atoms with Crippen LogP contribution in [0.4, 0.5) is 0 Å². The Kier molecular flexibility index (Phi) is 9.97. The van der Waals surface area contributed by atoms with E-state index in [0.717, 1.165) is 53.1 Å². The number of amides is 2. The summed E-state index contributed by atoms with van der Waals surface area (Å²) >= 11 is 12.8. The molecule has 1 aliphatic rings. The molecule has 2 amide bonds. The van der Waals surface area contributed by atoms with Gasteiger partial charge in [-0.15, -0.1) is 0 Å². The van der Waals surface area contributed by atoms with Crippen molar-refractivity contribution in [2.75, 3.05) is 0 Å². The maximum atomic E-state index is 14.1. The minimum Gasteiger partial charge on any atom is -0.352 e. The summed E-state index contributed by atoms with van der Waals surface area (Å²) in [6.07, 6.45) is 6.65. The van der Waals surface area contributed by atoms with Gasteiger partial charge in [-0.25, -0.2) is 0 Å². The lowest BCUT2D eigenvalue weighted by Crippen LogP contribution is -2.53. The number of carbonyl (C=O) groups is 2. The molecular weight excluding hydrogens is 551 g/mol. The molecule has 6 heteroatoms. The molecule has 1 saturated carbocycles. The van der Waals surface area contributed by atoms with Crippen molar-refractivity contribution in [2.24, 2.45) is 0 Å². The molecule has 0 aliphatic heterocycles. The molecule has 0 radical (unpaired) electrons. The molecule has 1 atom stereocenters. The number of halogens is 2. The summed E-state index contributed by atoms with van der Waals surface area (Å²) in [7, 11) is 0. The molecule has 0 spiro atoms. The van der Waals surface area contributed by atoms with Crippen LogP contribution in [-0.2, 0) is 29.0 Å². The first kappa shape index (κ1) is 29.2. The second kappa shape index (κ2) is 14.0. The van der Waals surface area contributed by atoms with Crippen LogP contribution >= 0.6 is 23.2 Å². The lowest BCUT2D eigenvalue weighted by molar-refractivity contribution is -0.141. The maximum absolute atomic E-state index is 14.1. The number of rotatable bonds is 10. The molecule has 0 bridgehead atoms. The van der Waals surface area contributed by atoms with Gasteiger partial charge in [-0.1, -0.05) is 121 Å². The molecule has 5 rings (SSSR count). The first-order chi connectivity index (χ1) is 20.0. The van der Waals surface area contributed by atoms with Crippen molar-refractivity contribution in [1.82, 2.24) is 10.2 Å². The van der Waals surface area contributed by atoms with Gasteiger partial charge >= 0.3 is 0 Å². The van der Waals surface area contributed by atoms with Crippen molar-refractivity contribution in [3.05, 3.63) is 118 Å². The molecule has 41 heavy (non-hydrogen) atoms. The molecule has 4 aromatic carbocycles. The highest BCUT2D eigenvalue weighted by molar-refractivity contribution is 6.35. The Morgan fingerprint density at radius 3 is 2.34 bits per heavy atom. The van der Waals surface area contributed by atoms with Crippen molar-refractivity contribution in [1.29, 1.82) is 0 Å². The SMILES string of the molecule is O=C(NC1CCCCC1)[C@H](Cc1ccccc1)N(Cc1ccc(Cl)cc1Cl)C(=O)CCc1cccc2ccccc12. The zero-order valence-electron chi connectivity index (χ0n) is 23.2. The lowest BCUT2D eigenvalue weighted by Gasteiger charge is -2.34. The van der Waals surface area contributed by atoms with Crippen LogP contribution < -0.4 is 5.32 Å². The van der Waals surface area contributed by atoms with Crippen LogP contribution in [0.25, 0.3) is 10.8 Å². The molecule has 0 heterocycles. The van der Waals surface area contributed by atoms with Gasteiger partial charge in [0.15, 0.2) is 0 Å². The fraction of sp³-hybridized carbons (Fsp3) is 0.314. The number of aryl methyl sites for hydroxylation is 1. The van der Waals surface area contributed by atoms with E-state index in [1.165, 1.54) is 6.42 Å². The van der Waals surface area contributed by atoms with Gasteiger partial charge in [-0.05, 0) is 58.9 Å². The van der Waals surface area contributed by atoms with Crippen molar-refractivity contribution in [3.8, 4) is 0 Å². The Hall–Kier alpha value is -3.34. The lowest BCUT2D eigenvalue weighted by atomic mass is 9.94. The highest BCUT2D eigenvalue weighted by Gasteiger charge is 2.32. The van der Waals surface area contributed by atoms with Gasteiger partial charge in [0.05, 0.1) is 0 Å². The Balaban J connectivity index is 1.45. The zero-order chi connectivity index (χ0) is 28.6. The van der Waals surface area contributed by atoms with Crippen LogP contribution in [0, 0.1) is 0 Å². The number of nitrogens with one attached hydrogen (secondary N) is 1. The van der Waals surface area contributed by atoms with Gasteiger partial charge in [0.1, 0.15) is 6.04 Å². The van der Waals surface area contributed by atoms with E-state index in [1.807, 2.05) is 54.6 Å². The summed E-state index contributed by atoms with van der Waals surface area (Å²) in [6.45, 7) is 0.222. The van der Waals surface area contributed by atoms with Crippen molar-refractivity contribution in [2.45, 2.75) is 70.0 Å². The van der Waals surface area contributed by atoms with E-state index in [-0.39, 0.29) is 30.8 Å². The van der Waals surface area contributed by atoms with E-state index in [0.29, 0.717) is 22.9 Å². The third-order valence-corrected chi connectivity index (χ3v) is 8.65. The van der Waals surface area contributed by atoms with Crippen LogP contribution in [-0.4, -0.2) is 28.8 Å². The predicted molar refractivity (Wildman–Crippen MR) is 168 cm³/mol. The Bertz CT molecular complexity index is 1480. The highest BCUT2D eigenvalue weighted by atomic mass is 35.5. The molecule has 4 aromatic rings. The largest absolute Gasteiger partial charge is 0.352 e. The molecule has 0 aromatic heterocycles. The number of benzene rings is 4. The van der Waals surface area contributed by atoms with Crippen LogP contribution in [0.3, 0.4) is 0 Å². The normalized spacial score (nSPS) is 14.5. The van der Waals surface area contributed by atoms with E-state index >= 15 is 0 Å². The smallest absolute Gasteiger partial charge is 0.243 e. The van der Waals surface area contributed by atoms with Crippen LogP contribution in [0.15, 0.2) is 91.0 Å². The second-order valence-electron chi connectivity index (χ2n) is 10.9. The summed E-state index contributed by atoms with van der Waals surface area (Å²) in [4.78, 5) is 29.8.